The van der Waals surface area contributed by atoms with E-state index in [1.54, 1.807) is 6.07 Å². The average molecular weight is 446 g/mol. The van der Waals surface area contributed by atoms with Crippen LogP contribution >= 0.6 is 0 Å². The average Bonchev–Trinajstić information content (AvgIpc) is 3.73. The van der Waals surface area contributed by atoms with Crippen LogP contribution in [0.5, 0.6) is 0 Å². The Hall–Kier alpha value is -2.79. The van der Waals surface area contributed by atoms with Crippen molar-refractivity contribution in [1.82, 2.24) is 4.98 Å². The molecule has 1 amide bonds. The zero-order valence-corrected chi connectivity index (χ0v) is 19.2. The molecule has 3 atom stereocenters. The highest BCUT2D eigenvalue weighted by Crippen LogP contribution is 2.49. The fourth-order valence-corrected chi connectivity index (χ4v) is 4.91. The van der Waals surface area contributed by atoms with Gasteiger partial charge >= 0.3 is 0 Å². The second-order valence-corrected chi connectivity index (χ2v) is 9.83. The van der Waals surface area contributed by atoms with Gasteiger partial charge in [-0.3, -0.25) is 9.78 Å². The van der Waals surface area contributed by atoms with Crippen molar-refractivity contribution in [3.63, 3.8) is 0 Å². The molecule has 1 heterocycles. The molecule has 172 valence electrons. The Kier molecular flexibility index (Phi) is 6.15. The molecule has 0 spiro atoms. The molecule has 5 heteroatoms. The molecule has 2 aliphatic carbocycles. The van der Waals surface area contributed by atoms with E-state index in [1.807, 2.05) is 4.90 Å². The number of amides is 1. The predicted molar refractivity (Wildman–Crippen MR) is 131 cm³/mol. The summed E-state index contributed by atoms with van der Waals surface area (Å²) in [6, 6.07) is 16.1. The lowest BCUT2D eigenvalue weighted by molar-refractivity contribution is -0.119. The van der Waals surface area contributed by atoms with Crippen LogP contribution in [0, 0.1) is 11.7 Å². The van der Waals surface area contributed by atoms with Crippen molar-refractivity contribution in [2.75, 3.05) is 11.4 Å². The molecule has 3 unspecified atom stereocenters. The van der Waals surface area contributed by atoms with Crippen LogP contribution in [0.2, 0.25) is 0 Å². The third kappa shape index (κ3) is 5.09. The van der Waals surface area contributed by atoms with E-state index in [1.165, 1.54) is 36.1 Å². The number of aromatic nitrogens is 1. The van der Waals surface area contributed by atoms with E-state index in [9.17, 15) is 9.18 Å². The van der Waals surface area contributed by atoms with E-state index in [0.717, 1.165) is 41.9 Å². The first-order valence-corrected chi connectivity index (χ1v) is 12.2. The number of fused-ring (bicyclic) bond motifs is 1. The largest absolute Gasteiger partial charge is 0.326 e. The first-order chi connectivity index (χ1) is 16.0. The van der Waals surface area contributed by atoms with Gasteiger partial charge in [-0.1, -0.05) is 37.6 Å². The number of hydrogen-bond donors (Lipinski definition) is 1. The van der Waals surface area contributed by atoms with Crippen molar-refractivity contribution in [3.05, 3.63) is 71.8 Å². The zero-order valence-electron chi connectivity index (χ0n) is 19.2. The summed E-state index contributed by atoms with van der Waals surface area (Å²) in [7, 11) is 0. The number of nitrogens with two attached hydrogens (primary N) is 1. The molecule has 2 fully saturated rings. The summed E-state index contributed by atoms with van der Waals surface area (Å²) >= 11 is 0. The van der Waals surface area contributed by atoms with Crippen molar-refractivity contribution in [3.8, 4) is 0 Å². The third-order valence-electron chi connectivity index (χ3n) is 7.08. The van der Waals surface area contributed by atoms with Crippen LogP contribution in [0.3, 0.4) is 0 Å². The lowest BCUT2D eigenvalue weighted by Gasteiger charge is -2.26. The van der Waals surface area contributed by atoms with Gasteiger partial charge in [-0.05, 0) is 78.1 Å². The maximum absolute atomic E-state index is 13.4. The quantitative estimate of drug-likeness (QED) is 0.446. The molecule has 2 aliphatic rings. The Morgan fingerprint density at radius 3 is 2.67 bits per heavy atom. The molecular weight excluding hydrogens is 413 g/mol. The predicted octanol–water partition coefficient (Wildman–Crippen LogP) is 5.91. The SMILES string of the molecule is CCCC(N)CN(C(=O)CC1CC1c1ccc(F)cn1)c1ccc2cc(C3CC3)ccc2c1. The second kappa shape index (κ2) is 9.22. The molecule has 2 aromatic carbocycles. The van der Waals surface area contributed by atoms with E-state index in [0.29, 0.717) is 13.0 Å². The van der Waals surface area contributed by atoms with Gasteiger partial charge in [-0.2, -0.15) is 0 Å². The molecule has 33 heavy (non-hydrogen) atoms. The fraction of sp³-hybridized carbons (Fsp3) is 0.429. The van der Waals surface area contributed by atoms with Crippen LogP contribution in [-0.4, -0.2) is 23.5 Å². The van der Waals surface area contributed by atoms with E-state index in [-0.39, 0.29) is 29.6 Å². The number of nitrogens with zero attached hydrogens (tertiary/aromatic N) is 2. The summed E-state index contributed by atoms with van der Waals surface area (Å²) in [5.74, 6) is 0.982. The van der Waals surface area contributed by atoms with E-state index < -0.39 is 0 Å². The smallest absolute Gasteiger partial charge is 0.227 e. The van der Waals surface area contributed by atoms with E-state index in [2.05, 4.69) is 48.3 Å². The number of pyridine rings is 1. The van der Waals surface area contributed by atoms with Gasteiger partial charge in [0.1, 0.15) is 5.82 Å². The molecule has 3 aromatic rings. The number of carbonyl (C=O) groups excluding carboxylic acids is 1. The van der Waals surface area contributed by atoms with Crippen molar-refractivity contribution in [2.45, 2.75) is 63.3 Å². The summed E-state index contributed by atoms with van der Waals surface area (Å²) in [5, 5.41) is 2.37. The van der Waals surface area contributed by atoms with Crippen LogP contribution in [0.25, 0.3) is 10.8 Å². The van der Waals surface area contributed by atoms with Crippen molar-refractivity contribution in [1.29, 1.82) is 0 Å². The van der Waals surface area contributed by atoms with Crippen LogP contribution in [0.15, 0.2) is 54.7 Å². The highest BCUT2D eigenvalue weighted by atomic mass is 19.1. The Labute approximate surface area is 195 Å². The highest BCUT2D eigenvalue weighted by molar-refractivity contribution is 5.97. The Morgan fingerprint density at radius 2 is 1.94 bits per heavy atom. The molecule has 0 saturated heterocycles. The summed E-state index contributed by atoms with van der Waals surface area (Å²) in [5.41, 5.74) is 9.58. The molecule has 4 nitrogen and oxygen atoms in total. The lowest BCUT2D eigenvalue weighted by atomic mass is 10.0. The fourth-order valence-electron chi connectivity index (χ4n) is 4.91. The van der Waals surface area contributed by atoms with Gasteiger partial charge in [-0.25, -0.2) is 4.39 Å². The monoisotopic (exact) mass is 445 g/mol. The Bertz CT molecular complexity index is 1140. The number of halogens is 1. The minimum atomic E-state index is -0.330. The molecule has 2 N–H and O–H groups in total. The topological polar surface area (TPSA) is 59.2 Å². The number of hydrogen-bond acceptors (Lipinski definition) is 3. The molecule has 2 saturated carbocycles. The van der Waals surface area contributed by atoms with Gasteiger partial charge in [0, 0.05) is 36.3 Å². The molecular formula is C28H32FN3O. The lowest BCUT2D eigenvalue weighted by Crippen LogP contribution is -2.41. The number of anilines is 1. The molecule has 0 radical (unpaired) electrons. The van der Waals surface area contributed by atoms with Gasteiger partial charge in [-0.15, -0.1) is 0 Å². The first kappa shape index (κ1) is 22.0. The summed E-state index contributed by atoms with van der Waals surface area (Å²) < 4.78 is 13.2. The van der Waals surface area contributed by atoms with Crippen molar-refractivity contribution >= 4 is 22.4 Å². The second-order valence-electron chi connectivity index (χ2n) is 9.83. The summed E-state index contributed by atoms with van der Waals surface area (Å²) in [6.45, 7) is 2.63. The maximum atomic E-state index is 13.4. The minimum absolute atomic E-state index is 0.0549. The molecule has 0 bridgehead atoms. The zero-order chi connectivity index (χ0) is 22.9. The Balaban J connectivity index is 1.34. The molecule has 5 rings (SSSR count). The van der Waals surface area contributed by atoms with E-state index >= 15 is 0 Å². The standard InChI is InChI=1S/C28H32FN3O/c1-2-3-24(30)17-32(28(33)15-22-14-26(22)27-11-9-23(29)16-31-27)25-10-8-20-12-19(18-4-5-18)6-7-21(20)13-25/h6-13,16,18,22,24,26H,2-5,14-15,17,30H2,1H3. The Morgan fingerprint density at radius 1 is 1.15 bits per heavy atom. The minimum Gasteiger partial charge on any atom is -0.326 e. The van der Waals surface area contributed by atoms with Crippen LogP contribution in [0.1, 0.15) is 68.5 Å². The maximum Gasteiger partial charge on any atom is 0.227 e. The third-order valence-corrected chi connectivity index (χ3v) is 7.08. The summed E-state index contributed by atoms with van der Waals surface area (Å²) in [6.07, 6.45) is 7.08. The number of rotatable bonds is 9. The van der Waals surface area contributed by atoms with Gasteiger partial charge in [0.2, 0.25) is 5.91 Å². The van der Waals surface area contributed by atoms with Crippen LogP contribution in [0.4, 0.5) is 10.1 Å². The van der Waals surface area contributed by atoms with Gasteiger partial charge in [0.25, 0.3) is 0 Å². The van der Waals surface area contributed by atoms with Crippen molar-refractivity contribution in [2.24, 2.45) is 11.7 Å². The molecule has 0 aliphatic heterocycles. The van der Waals surface area contributed by atoms with Crippen LogP contribution < -0.4 is 10.6 Å². The summed E-state index contributed by atoms with van der Waals surface area (Å²) in [4.78, 5) is 19.5. The molecule has 1 aromatic heterocycles. The van der Waals surface area contributed by atoms with Gasteiger partial charge < -0.3 is 10.6 Å². The first-order valence-electron chi connectivity index (χ1n) is 12.2. The van der Waals surface area contributed by atoms with Gasteiger partial charge in [0.15, 0.2) is 0 Å². The van der Waals surface area contributed by atoms with Crippen LogP contribution in [-0.2, 0) is 4.79 Å². The number of carbonyl (C=O) groups is 1. The highest BCUT2D eigenvalue weighted by Gasteiger charge is 2.41. The number of benzene rings is 2. The van der Waals surface area contributed by atoms with Gasteiger partial charge in [0.05, 0.1) is 6.20 Å². The van der Waals surface area contributed by atoms with Crippen molar-refractivity contribution < 1.29 is 9.18 Å². The van der Waals surface area contributed by atoms with E-state index in [4.69, 9.17) is 5.73 Å². The normalized spacial score (nSPS) is 20.6.